The Morgan fingerprint density at radius 1 is 1.00 bits per heavy atom. The number of rotatable bonds is 1. The predicted octanol–water partition coefficient (Wildman–Crippen LogP) is 3.92. The summed E-state index contributed by atoms with van der Waals surface area (Å²) in [5.41, 5.74) is -1.08. The third kappa shape index (κ3) is 1.94. The van der Waals surface area contributed by atoms with E-state index < -0.39 is 28.6 Å². The Hall–Kier alpha value is -1.82. The van der Waals surface area contributed by atoms with Crippen molar-refractivity contribution in [1.29, 1.82) is 0 Å². The van der Waals surface area contributed by atoms with Gasteiger partial charge in [0.15, 0.2) is 0 Å². The third-order valence-corrected chi connectivity index (χ3v) is 6.51. The van der Waals surface area contributed by atoms with Crippen LogP contribution in [0, 0.1) is 35.5 Å². The quantitative estimate of drug-likeness (QED) is 0.557. The van der Waals surface area contributed by atoms with E-state index in [-0.39, 0.29) is 29.3 Å². The average Bonchev–Trinajstić information content (AvgIpc) is 3.32. The summed E-state index contributed by atoms with van der Waals surface area (Å²) in [5.74, 6) is -0.655. The molecule has 2 amide bonds. The molecule has 6 atom stereocenters. The summed E-state index contributed by atoms with van der Waals surface area (Å²) in [4.78, 5) is 26.8. The number of hydrogen-bond acceptors (Lipinski definition) is 2. The van der Waals surface area contributed by atoms with Gasteiger partial charge in [-0.1, -0.05) is 23.8 Å². The predicted molar refractivity (Wildman–Crippen MR) is 83.6 cm³/mol. The number of halogens is 4. The number of imide groups is 1. The minimum Gasteiger partial charge on any atom is -0.274 e. The lowest BCUT2D eigenvalue weighted by molar-refractivity contribution is -0.137. The highest BCUT2D eigenvalue weighted by atomic mass is 35.5. The van der Waals surface area contributed by atoms with Crippen LogP contribution in [0.5, 0.6) is 0 Å². The van der Waals surface area contributed by atoms with E-state index in [1.165, 1.54) is 6.07 Å². The minimum atomic E-state index is -4.64. The van der Waals surface area contributed by atoms with E-state index >= 15 is 0 Å². The Labute approximate surface area is 146 Å². The Morgan fingerprint density at radius 3 is 2.08 bits per heavy atom. The third-order valence-electron chi connectivity index (χ3n) is 6.18. The maximum atomic E-state index is 13.1. The second-order valence-corrected chi connectivity index (χ2v) is 7.74. The van der Waals surface area contributed by atoms with Gasteiger partial charge in [0.1, 0.15) is 0 Å². The van der Waals surface area contributed by atoms with Gasteiger partial charge in [-0.05, 0) is 48.3 Å². The van der Waals surface area contributed by atoms with Gasteiger partial charge in [-0.2, -0.15) is 13.2 Å². The van der Waals surface area contributed by atoms with Crippen molar-refractivity contribution in [3.63, 3.8) is 0 Å². The molecule has 1 aromatic carbocycles. The number of nitrogens with zero attached hydrogens (tertiary/aromatic N) is 1. The first-order valence-electron chi connectivity index (χ1n) is 8.22. The summed E-state index contributed by atoms with van der Waals surface area (Å²) in [6, 6.07) is 3.19. The van der Waals surface area contributed by atoms with Crippen LogP contribution in [0.15, 0.2) is 30.4 Å². The summed E-state index contributed by atoms with van der Waals surface area (Å²) in [7, 11) is 0. The largest absolute Gasteiger partial charge is 0.417 e. The maximum absolute atomic E-state index is 13.1. The van der Waals surface area contributed by atoms with Crippen LogP contribution in [0.4, 0.5) is 18.9 Å². The summed E-state index contributed by atoms with van der Waals surface area (Å²) < 4.78 is 39.3. The molecule has 3 fully saturated rings. The highest BCUT2D eigenvalue weighted by Crippen LogP contribution is 2.65. The zero-order valence-electron chi connectivity index (χ0n) is 12.8. The van der Waals surface area contributed by atoms with Crippen molar-refractivity contribution in [2.24, 2.45) is 35.5 Å². The van der Waals surface area contributed by atoms with Gasteiger partial charge >= 0.3 is 6.18 Å². The number of hydrogen-bond donors (Lipinski definition) is 0. The van der Waals surface area contributed by atoms with Crippen LogP contribution >= 0.6 is 11.6 Å². The molecule has 5 aliphatic rings. The fourth-order valence-corrected chi connectivity index (χ4v) is 5.31. The van der Waals surface area contributed by atoms with E-state index in [0.717, 1.165) is 23.5 Å². The second kappa shape index (κ2) is 4.67. The van der Waals surface area contributed by atoms with E-state index in [4.69, 9.17) is 11.6 Å². The summed E-state index contributed by atoms with van der Waals surface area (Å²) >= 11 is 5.65. The van der Waals surface area contributed by atoms with E-state index in [1.807, 2.05) is 12.2 Å². The van der Waals surface area contributed by atoms with Gasteiger partial charge in [-0.25, -0.2) is 0 Å². The molecule has 6 rings (SSSR count). The van der Waals surface area contributed by atoms with E-state index in [2.05, 4.69) is 0 Å². The van der Waals surface area contributed by atoms with Crippen LogP contribution < -0.4 is 4.90 Å². The van der Waals surface area contributed by atoms with Crippen molar-refractivity contribution in [3.8, 4) is 0 Å². The van der Waals surface area contributed by atoms with E-state index in [9.17, 15) is 22.8 Å². The van der Waals surface area contributed by atoms with Crippen LogP contribution in [-0.4, -0.2) is 11.8 Å². The Morgan fingerprint density at radius 2 is 1.56 bits per heavy atom. The molecule has 2 bridgehead atoms. The van der Waals surface area contributed by atoms with E-state index in [1.54, 1.807) is 0 Å². The molecule has 0 radical (unpaired) electrons. The lowest BCUT2D eigenvalue weighted by Crippen LogP contribution is -2.40. The van der Waals surface area contributed by atoms with Crippen LogP contribution in [-0.2, 0) is 15.8 Å². The Bertz CT molecular complexity index is 813. The molecule has 1 heterocycles. The van der Waals surface area contributed by atoms with E-state index in [0.29, 0.717) is 11.8 Å². The van der Waals surface area contributed by atoms with Gasteiger partial charge in [0.2, 0.25) is 11.8 Å². The van der Waals surface area contributed by atoms with Gasteiger partial charge in [-0.3, -0.25) is 14.5 Å². The lowest BCUT2D eigenvalue weighted by atomic mass is 9.63. The molecule has 1 saturated heterocycles. The zero-order valence-corrected chi connectivity index (χ0v) is 13.6. The Kier molecular flexibility index (Phi) is 2.88. The molecule has 0 aromatic heterocycles. The number of anilines is 1. The normalized spacial score (nSPS) is 38.2. The summed E-state index contributed by atoms with van der Waals surface area (Å²) in [5, 5.41) is -0.448. The SMILES string of the molecule is O=C1[C@@H]2[C@H]3C=C[C@@H]([C@@H]4C[C@@H]34)[C@@H]2C(=O)N1c1ccc(Cl)c(C(F)(F)F)c1. The highest BCUT2D eigenvalue weighted by molar-refractivity contribution is 6.31. The Balaban J connectivity index is 1.57. The van der Waals surface area contributed by atoms with Crippen molar-refractivity contribution in [2.75, 3.05) is 4.90 Å². The molecule has 0 unspecified atom stereocenters. The molecular formula is C18H13ClF3NO2. The maximum Gasteiger partial charge on any atom is 0.417 e. The topological polar surface area (TPSA) is 37.4 Å². The van der Waals surface area contributed by atoms with Crippen molar-refractivity contribution in [3.05, 3.63) is 40.9 Å². The molecule has 25 heavy (non-hydrogen) atoms. The molecule has 1 aliphatic heterocycles. The molecule has 0 spiro atoms. The smallest absolute Gasteiger partial charge is 0.274 e. The fraction of sp³-hybridized carbons (Fsp3) is 0.444. The molecule has 130 valence electrons. The first kappa shape index (κ1) is 15.4. The summed E-state index contributed by atoms with van der Waals surface area (Å²) in [6.07, 6.45) is 0.443. The van der Waals surface area contributed by atoms with Crippen molar-refractivity contribution in [2.45, 2.75) is 12.6 Å². The van der Waals surface area contributed by atoms with Crippen LogP contribution in [0.25, 0.3) is 0 Å². The average molecular weight is 368 g/mol. The van der Waals surface area contributed by atoms with Crippen molar-refractivity contribution in [1.82, 2.24) is 0 Å². The highest BCUT2D eigenvalue weighted by Gasteiger charge is 2.67. The van der Waals surface area contributed by atoms with Crippen molar-refractivity contribution >= 4 is 29.1 Å². The summed E-state index contributed by atoms with van der Waals surface area (Å²) in [6.45, 7) is 0. The first-order chi connectivity index (χ1) is 11.8. The minimum absolute atomic E-state index is 0.0378. The lowest BCUT2D eigenvalue weighted by Gasteiger charge is -2.37. The fourth-order valence-electron chi connectivity index (χ4n) is 5.08. The standard InChI is InChI=1S/C18H13ClF3NO2/c19-13-4-1-7(5-12(13)18(20,21)22)23-16(24)14-8-2-3-9(11-6-10(8)11)15(14)17(23)25/h1-5,8-11,14-15H,6H2/t8-,9-,10-,11-,14-,15+/m0/s1. The number of allylic oxidation sites excluding steroid dienone is 2. The van der Waals surface area contributed by atoms with Crippen LogP contribution in [0.3, 0.4) is 0 Å². The molecule has 7 heteroatoms. The van der Waals surface area contributed by atoms with Gasteiger partial charge in [0.25, 0.3) is 0 Å². The van der Waals surface area contributed by atoms with Gasteiger partial charge in [0, 0.05) is 0 Å². The molecular weight excluding hydrogens is 355 g/mol. The molecule has 4 aliphatic carbocycles. The van der Waals surface area contributed by atoms with Crippen LogP contribution in [0.2, 0.25) is 5.02 Å². The van der Waals surface area contributed by atoms with Crippen molar-refractivity contribution < 1.29 is 22.8 Å². The molecule has 2 saturated carbocycles. The second-order valence-electron chi connectivity index (χ2n) is 7.33. The number of alkyl halides is 3. The number of amides is 2. The molecule has 1 aromatic rings. The van der Waals surface area contributed by atoms with Gasteiger partial charge in [-0.15, -0.1) is 0 Å². The molecule has 3 nitrogen and oxygen atoms in total. The zero-order chi connectivity index (χ0) is 17.7. The van der Waals surface area contributed by atoms with Gasteiger partial charge < -0.3 is 0 Å². The first-order valence-corrected chi connectivity index (χ1v) is 8.59. The van der Waals surface area contributed by atoms with Gasteiger partial charge in [0.05, 0.1) is 28.1 Å². The number of benzene rings is 1. The number of carbonyl (C=O) groups is 2. The van der Waals surface area contributed by atoms with Crippen LogP contribution in [0.1, 0.15) is 12.0 Å². The molecule has 0 N–H and O–H groups in total. The number of carbonyl (C=O) groups excluding carboxylic acids is 2. The monoisotopic (exact) mass is 367 g/mol.